The van der Waals surface area contributed by atoms with Crippen LogP contribution in [0.1, 0.15) is 55.2 Å². The fourth-order valence-electron chi connectivity index (χ4n) is 4.09. The van der Waals surface area contributed by atoms with Crippen molar-refractivity contribution in [2.45, 2.75) is 70.3 Å². The number of benzene rings is 2. The Kier molecular flexibility index (Phi) is 8.92. The number of nitrogens with zero attached hydrogens (tertiary/aromatic N) is 1. The summed E-state index contributed by atoms with van der Waals surface area (Å²) in [6, 6.07) is 12.3. The number of carbonyl (C=O) groups excluding carboxylic acids is 1. The van der Waals surface area contributed by atoms with Crippen LogP contribution in [0.3, 0.4) is 0 Å². The van der Waals surface area contributed by atoms with Crippen LogP contribution in [0, 0.1) is 20.8 Å². The lowest BCUT2D eigenvalue weighted by Gasteiger charge is -2.26. The van der Waals surface area contributed by atoms with Crippen molar-refractivity contribution in [3.63, 3.8) is 0 Å². The van der Waals surface area contributed by atoms with Crippen LogP contribution in [-0.4, -0.2) is 40.1 Å². The van der Waals surface area contributed by atoms with Gasteiger partial charge in [0.15, 0.2) is 0 Å². The first-order valence-corrected chi connectivity index (χ1v) is 13.3. The summed E-state index contributed by atoms with van der Waals surface area (Å²) in [7, 11) is -3.91. The van der Waals surface area contributed by atoms with Crippen LogP contribution in [0.4, 0.5) is 5.69 Å². The van der Waals surface area contributed by atoms with Crippen molar-refractivity contribution in [2.75, 3.05) is 24.0 Å². The summed E-state index contributed by atoms with van der Waals surface area (Å²) in [5.41, 5.74) is 3.22. The van der Waals surface area contributed by atoms with Crippen LogP contribution >= 0.6 is 0 Å². The molecule has 1 aliphatic carbocycles. The number of anilines is 1. The molecule has 6 nitrogen and oxygen atoms in total. The summed E-state index contributed by atoms with van der Waals surface area (Å²) in [6.07, 6.45) is 7.03. The van der Waals surface area contributed by atoms with Crippen LogP contribution < -0.4 is 9.62 Å². The van der Waals surface area contributed by atoms with Crippen molar-refractivity contribution < 1.29 is 17.9 Å². The maximum Gasteiger partial charge on any atom is 0.264 e. The van der Waals surface area contributed by atoms with Crippen molar-refractivity contribution >= 4 is 21.6 Å². The Hall–Kier alpha value is -2.38. The summed E-state index contributed by atoms with van der Waals surface area (Å²) in [4.78, 5) is 12.9. The zero-order valence-electron chi connectivity index (χ0n) is 20.0. The fourth-order valence-corrected chi connectivity index (χ4v) is 5.57. The number of aryl methyl sites for hydroxylation is 3. The standard InChI is InChI=1S/C26H36N2O4S/c1-20-11-14-24(15-12-20)33(30,31)28(25-18-21(2)10-13-22(25)3)19-26(29)27-16-7-17-32-23-8-5-4-6-9-23/h10-15,18,23H,4-9,16-17,19H2,1-3H3,(H,27,29). The summed E-state index contributed by atoms with van der Waals surface area (Å²) in [5.74, 6) is -0.329. The quantitative estimate of drug-likeness (QED) is 0.510. The average Bonchev–Trinajstić information content (AvgIpc) is 2.80. The molecule has 1 amide bonds. The van der Waals surface area contributed by atoms with E-state index in [0.717, 1.165) is 29.5 Å². The van der Waals surface area contributed by atoms with E-state index in [1.165, 1.54) is 23.6 Å². The molecule has 0 unspecified atom stereocenters. The number of hydrogen-bond donors (Lipinski definition) is 1. The second-order valence-corrected chi connectivity index (χ2v) is 10.8. The van der Waals surface area contributed by atoms with Gasteiger partial charge in [-0.25, -0.2) is 8.42 Å². The predicted octanol–water partition coefficient (Wildman–Crippen LogP) is 4.66. The van der Waals surface area contributed by atoms with Gasteiger partial charge in [-0.2, -0.15) is 0 Å². The molecule has 0 aliphatic heterocycles. The van der Waals surface area contributed by atoms with Gasteiger partial charge in [-0.05, 0) is 69.4 Å². The lowest BCUT2D eigenvalue weighted by Crippen LogP contribution is -2.41. The van der Waals surface area contributed by atoms with Crippen LogP contribution in [0.2, 0.25) is 0 Å². The number of ether oxygens (including phenoxy) is 1. The number of amides is 1. The van der Waals surface area contributed by atoms with Crippen molar-refractivity contribution in [3.8, 4) is 0 Å². The first kappa shape index (κ1) is 25.2. The molecule has 0 spiro atoms. The third-order valence-electron chi connectivity index (χ3n) is 6.08. The molecule has 33 heavy (non-hydrogen) atoms. The first-order valence-electron chi connectivity index (χ1n) is 11.8. The van der Waals surface area contributed by atoms with Gasteiger partial charge in [-0.1, -0.05) is 49.1 Å². The molecule has 0 radical (unpaired) electrons. The van der Waals surface area contributed by atoms with Crippen molar-refractivity contribution in [3.05, 3.63) is 59.2 Å². The zero-order chi connectivity index (χ0) is 23.8. The van der Waals surface area contributed by atoms with E-state index < -0.39 is 10.0 Å². The summed E-state index contributed by atoms with van der Waals surface area (Å²) < 4.78 is 34.2. The lowest BCUT2D eigenvalue weighted by molar-refractivity contribution is -0.119. The van der Waals surface area contributed by atoms with E-state index in [1.807, 2.05) is 39.0 Å². The summed E-state index contributed by atoms with van der Waals surface area (Å²) in [5, 5.41) is 2.86. The van der Waals surface area contributed by atoms with Gasteiger partial charge in [0.2, 0.25) is 5.91 Å². The van der Waals surface area contributed by atoms with Crippen LogP contribution in [0.15, 0.2) is 47.4 Å². The van der Waals surface area contributed by atoms with Gasteiger partial charge in [0, 0.05) is 13.2 Å². The number of carbonyl (C=O) groups is 1. The largest absolute Gasteiger partial charge is 0.378 e. The molecule has 180 valence electrons. The summed E-state index contributed by atoms with van der Waals surface area (Å²) in [6.45, 7) is 6.46. The van der Waals surface area contributed by atoms with Gasteiger partial charge in [-0.15, -0.1) is 0 Å². The molecule has 2 aromatic rings. The number of hydrogen-bond acceptors (Lipinski definition) is 4. The SMILES string of the molecule is Cc1ccc(S(=O)(=O)N(CC(=O)NCCCOC2CCCCC2)c2cc(C)ccc2C)cc1. The van der Waals surface area contributed by atoms with Crippen molar-refractivity contribution in [1.82, 2.24) is 5.32 Å². The van der Waals surface area contributed by atoms with Crippen molar-refractivity contribution in [2.24, 2.45) is 0 Å². The van der Waals surface area contributed by atoms with Crippen LogP contribution in [-0.2, 0) is 19.6 Å². The van der Waals surface area contributed by atoms with Gasteiger partial charge in [0.1, 0.15) is 6.54 Å². The van der Waals surface area contributed by atoms with E-state index in [0.29, 0.717) is 31.4 Å². The minimum Gasteiger partial charge on any atom is -0.378 e. The van der Waals surface area contributed by atoms with Gasteiger partial charge in [0.05, 0.1) is 16.7 Å². The minimum absolute atomic E-state index is 0.169. The molecular weight excluding hydrogens is 436 g/mol. The highest BCUT2D eigenvalue weighted by Gasteiger charge is 2.28. The average molecular weight is 473 g/mol. The fraction of sp³-hybridized carbons (Fsp3) is 0.500. The molecule has 1 saturated carbocycles. The predicted molar refractivity (Wildman–Crippen MR) is 132 cm³/mol. The Morgan fingerprint density at radius 3 is 2.36 bits per heavy atom. The van der Waals surface area contributed by atoms with Gasteiger partial charge in [0.25, 0.3) is 10.0 Å². The molecule has 0 atom stereocenters. The Balaban J connectivity index is 1.67. The maximum atomic E-state index is 13.5. The van der Waals surface area contributed by atoms with E-state index in [2.05, 4.69) is 5.32 Å². The number of rotatable bonds is 10. The molecule has 1 fully saturated rings. The second-order valence-electron chi connectivity index (χ2n) is 8.95. The van der Waals surface area contributed by atoms with Gasteiger partial charge in [-0.3, -0.25) is 9.10 Å². The normalized spacial score (nSPS) is 14.8. The molecule has 1 N–H and O–H groups in total. The topological polar surface area (TPSA) is 75.7 Å². The number of sulfonamides is 1. The molecular formula is C26H36N2O4S. The first-order chi connectivity index (χ1) is 15.8. The van der Waals surface area contributed by atoms with Gasteiger partial charge >= 0.3 is 0 Å². The lowest BCUT2D eigenvalue weighted by atomic mass is 9.98. The zero-order valence-corrected chi connectivity index (χ0v) is 20.8. The highest BCUT2D eigenvalue weighted by Crippen LogP contribution is 2.28. The Morgan fingerprint density at radius 2 is 1.67 bits per heavy atom. The van der Waals surface area contributed by atoms with E-state index >= 15 is 0 Å². The summed E-state index contributed by atoms with van der Waals surface area (Å²) >= 11 is 0. The number of nitrogens with one attached hydrogen (secondary N) is 1. The molecule has 0 saturated heterocycles. The maximum absolute atomic E-state index is 13.5. The van der Waals surface area contributed by atoms with E-state index in [-0.39, 0.29) is 17.3 Å². The molecule has 3 rings (SSSR count). The van der Waals surface area contributed by atoms with Crippen molar-refractivity contribution in [1.29, 1.82) is 0 Å². The molecule has 1 aliphatic rings. The van der Waals surface area contributed by atoms with Gasteiger partial charge < -0.3 is 10.1 Å². The smallest absolute Gasteiger partial charge is 0.264 e. The molecule has 7 heteroatoms. The van der Waals surface area contributed by atoms with Crippen LogP contribution in [0.5, 0.6) is 0 Å². The Labute approximate surface area is 198 Å². The minimum atomic E-state index is -3.91. The third-order valence-corrected chi connectivity index (χ3v) is 7.85. The molecule has 0 aromatic heterocycles. The monoisotopic (exact) mass is 472 g/mol. The highest BCUT2D eigenvalue weighted by atomic mass is 32.2. The van der Waals surface area contributed by atoms with E-state index in [1.54, 1.807) is 24.3 Å². The van der Waals surface area contributed by atoms with E-state index in [9.17, 15) is 13.2 Å². The van der Waals surface area contributed by atoms with E-state index in [4.69, 9.17) is 4.74 Å². The van der Waals surface area contributed by atoms with Crippen LogP contribution in [0.25, 0.3) is 0 Å². The molecule has 0 bridgehead atoms. The Morgan fingerprint density at radius 1 is 1.00 bits per heavy atom. The second kappa shape index (κ2) is 11.7. The molecule has 0 heterocycles. The Bertz CT molecular complexity index is 1030. The third kappa shape index (κ3) is 7.05. The molecule has 2 aromatic carbocycles. The highest BCUT2D eigenvalue weighted by molar-refractivity contribution is 7.92.